The summed E-state index contributed by atoms with van der Waals surface area (Å²) < 4.78 is 149. The Labute approximate surface area is 467 Å². The van der Waals surface area contributed by atoms with E-state index in [1.165, 1.54) is 20.1 Å². The maximum atomic E-state index is 13.0. The number of nitrogens with two attached hydrogens (primary N) is 1. The number of nitrogens with zero attached hydrogens (tertiary/aromatic N) is 4. The summed E-state index contributed by atoms with van der Waals surface area (Å²) in [6, 6.07) is 7.14. The average Bonchev–Trinajstić information content (AvgIpc) is 3.17. The molecule has 0 aromatic heterocycles. The van der Waals surface area contributed by atoms with E-state index in [0.717, 1.165) is 37.4 Å². The van der Waals surface area contributed by atoms with E-state index in [-0.39, 0.29) is 181 Å². The van der Waals surface area contributed by atoms with Crippen molar-refractivity contribution in [2.45, 2.75) is 26.5 Å². The maximum absolute atomic E-state index is 13.0. The number of nitrogen functional groups attached to an aromatic ring is 1. The molecule has 0 aliphatic carbocycles. The van der Waals surface area contributed by atoms with Gasteiger partial charge in [0.05, 0.1) is 81.6 Å². The van der Waals surface area contributed by atoms with Crippen molar-refractivity contribution in [1.29, 1.82) is 0 Å². The minimum Gasteiger partial charge on any atom is -0.744 e. The Kier molecular flexibility index (Phi) is 28.3. The summed E-state index contributed by atoms with van der Waals surface area (Å²) in [6.07, 6.45) is 0. The Morgan fingerprint density at radius 1 is 0.708 bits per heavy atom. The molecule has 0 bridgehead atoms. The van der Waals surface area contributed by atoms with Gasteiger partial charge in [-0.1, -0.05) is 0 Å². The largest absolute Gasteiger partial charge is 1.00 e. The Bertz CT molecular complexity index is 2810. The van der Waals surface area contributed by atoms with Crippen LogP contribution in [0.5, 0.6) is 17.2 Å². The number of methoxy groups -OCH3 is 2. The third-order valence-electron chi connectivity index (χ3n) is 7.70. The van der Waals surface area contributed by atoms with Crippen molar-refractivity contribution in [3.8, 4) is 17.2 Å². The molecular weight excluding hydrogens is 1040 g/mol. The van der Waals surface area contributed by atoms with Crippen molar-refractivity contribution in [2.75, 3.05) is 44.7 Å². The van der Waals surface area contributed by atoms with Crippen molar-refractivity contribution in [3.05, 3.63) is 48.0 Å². The fourth-order valence-electron chi connectivity index (χ4n) is 5.08. The molecule has 334 valence electrons. The zero-order valence-corrected chi connectivity index (χ0v) is 47.7. The van der Waals surface area contributed by atoms with Crippen molar-refractivity contribution in [1.82, 2.24) is 0 Å². The molecule has 4 rings (SSSR count). The van der Waals surface area contributed by atoms with E-state index in [4.69, 9.17) is 19.4 Å². The van der Waals surface area contributed by atoms with Crippen LogP contribution in [0.2, 0.25) is 0 Å². The number of hydrogen-bond donors (Lipinski definition) is 2. The van der Waals surface area contributed by atoms with Crippen LogP contribution in [-0.2, 0) is 67.3 Å². The number of azo groups is 2. The molecular formula is C29H27N5Na4O21S6. The van der Waals surface area contributed by atoms with Crippen LogP contribution in [0, 0.1) is 6.92 Å². The zero-order valence-electron chi connectivity index (χ0n) is 34.8. The molecule has 0 aliphatic rings. The summed E-state index contributed by atoms with van der Waals surface area (Å²) in [5.74, 6) is -2.82. The van der Waals surface area contributed by atoms with Gasteiger partial charge in [-0.05, 0) is 48.9 Å². The fraction of sp³-hybridized carbons (Fsp3) is 0.241. The van der Waals surface area contributed by atoms with Crippen LogP contribution in [0.4, 0.5) is 28.4 Å². The predicted octanol–water partition coefficient (Wildman–Crippen LogP) is -9.74. The van der Waals surface area contributed by atoms with Gasteiger partial charge in [-0.3, -0.25) is 18.4 Å². The molecule has 0 aliphatic heterocycles. The number of anilines is 1. The number of aromatic hydroxyl groups is 1. The molecule has 0 atom stereocenters. The third-order valence-corrected chi connectivity index (χ3v) is 13.5. The molecule has 3 N–H and O–H groups in total. The van der Waals surface area contributed by atoms with Gasteiger partial charge in [0.25, 0.3) is 0 Å². The van der Waals surface area contributed by atoms with Gasteiger partial charge in [0.15, 0.2) is 37.7 Å². The number of hydrogen-bond acceptors (Lipinski definition) is 28. The Balaban J connectivity index is 0.0000102. The topological polar surface area (TPSA) is 398 Å². The molecule has 0 saturated heterocycles. The van der Waals surface area contributed by atoms with E-state index in [2.05, 4.69) is 43.4 Å². The van der Waals surface area contributed by atoms with Crippen molar-refractivity contribution >= 4 is 104 Å². The summed E-state index contributed by atoms with van der Waals surface area (Å²) in [4.78, 5) is -2.13. The molecule has 0 fully saturated rings. The number of sulfone groups is 2. The van der Waals surface area contributed by atoms with Gasteiger partial charge in [-0.2, -0.15) is 4.33 Å². The van der Waals surface area contributed by atoms with Crippen molar-refractivity contribution < 1.29 is 213 Å². The molecule has 0 amide bonds. The second-order valence-corrected chi connectivity index (χ2v) is 19.2. The van der Waals surface area contributed by atoms with Crippen LogP contribution in [0.25, 0.3) is 10.8 Å². The standard InChI is InChI=1S/C29H31N5O21S6.4Na/c1-15-10-18(22(49-3)14-24(15)59(40,41)9-7-51-61(45,46)47)31-33-20-13-25(60(42,43)44)17-12-23(56-54-52-36)28(29(35)26(17)27(20)30)34-32-19-11-16(4-5-21(19)48-2)58(38,39)8-6-50-57-55-53-37;;;;/h4-5,10-14,35-37H,6-9,30H2,1-3H3,(H,42,43,44)(H,45,46,47);;;;/q;4*+1/p-4. The first-order valence-corrected chi connectivity index (χ1v) is 23.3. The van der Waals surface area contributed by atoms with Gasteiger partial charge in [0.2, 0.25) is 10.4 Å². The summed E-state index contributed by atoms with van der Waals surface area (Å²) in [7, 11) is -16.7. The SMILES string of the molecule is COc1cc(S(=O)(=O)CCOS(=O)(=O)[O-])c(C)cc1N=Nc1cc(S(=O)(=O)[O-])c2cc(SOO[O-])c(N=Nc3cc(S(=O)(=O)CCOSOO[O-])ccc3OC)c(O)c2c1N.[Na+].[Na+].[Na+].[Na+]. The summed E-state index contributed by atoms with van der Waals surface area (Å²) in [5.41, 5.74) is 4.22. The Hall–Kier alpha value is -0.360. The second-order valence-electron chi connectivity index (χ2n) is 11.4. The molecule has 0 heterocycles. The van der Waals surface area contributed by atoms with Gasteiger partial charge in [0, 0.05) is 11.5 Å². The number of fused-ring (bicyclic) bond motifs is 1. The zero-order chi connectivity index (χ0) is 45.3. The van der Waals surface area contributed by atoms with E-state index in [0.29, 0.717) is 6.07 Å². The third kappa shape index (κ3) is 17.8. The monoisotopic (exact) mass is 1060 g/mol. The molecule has 4 aromatic rings. The fourth-order valence-corrected chi connectivity index (χ4v) is 9.42. The van der Waals surface area contributed by atoms with Crippen LogP contribution in [0.1, 0.15) is 5.56 Å². The van der Waals surface area contributed by atoms with Gasteiger partial charge < -0.3 is 39.9 Å². The molecule has 0 saturated carbocycles. The Morgan fingerprint density at radius 3 is 1.88 bits per heavy atom. The number of rotatable bonds is 22. The van der Waals surface area contributed by atoms with E-state index in [9.17, 15) is 58.4 Å². The van der Waals surface area contributed by atoms with Crippen LogP contribution < -0.4 is 144 Å². The quantitative estimate of drug-likeness (QED) is 0.00849. The van der Waals surface area contributed by atoms with Gasteiger partial charge in [0.1, 0.15) is 44.4 Å². The number of benzene rings is 4. The maximum Gasteiger partial charge on any atom is 1.00 e. The first kappa shape index (κ1) is 64.6. The number of aryl methyl sites for hydroxylation is 1. The van der Waals surface area contributed by atoms with Crippen molar-refractivity contribution in [3.63, 3.8) is 0 Å². The smallest absolute Gasteiger partial charge is 0.744 e. The molecule has 0 radical (unpaired) electrons. The van der Waals surface area contributed by atoms with E-state index >= 15 is 0 Å². The van der Waals surface area contributed by atoms with Gasteiger partial charge in [-0.25, -0.2) is 33.7 Å². The van der Waals surface area contributed by atoms with Crippen LogP contribution in [0.3, 0.4) is 0 Å². The van der Waals surface area contributed by atoms with Gasteiger partial charge in [-0.15, -0.1) is 24.8 Å². The molecule has 65 heavy (non-hydrogen) atoms. The molecule has 0 unspecified atom stereocenters. The Morgan fingerprint density at radius 2 is 1.29 bits per heavy atom. The van der Waals surface area contributed by atoms with E-state index in [1.54, 1.807) is 0 Å². The van der Waals surface area contributed by atoms with Crippen LogP contribution >= 0.6 is 24.4 Å². The molecule has 26 nitrogen and oxygen atoms in total. The number of ether oxygens (including phenoxy) is 2. The van der Waals surface area contributed by atoms with E-state index < -0.39 is 108 Å². The molecule has 0 spiro atoms. The van der Waals surface area contributed by atoms with E-state index in [1.807, 2.05) is 0 Å². The van der Waals surface area contributed by atoms with Gasteiger partial charge >= 0.3 is 118 Å². The number of phenols is 1. The van der Waals surface area contributed by atoms with Crippen LogP contribution in [0.15, 0.2) is 82.5 Å². The summed E-state index contributed by atoms with van der Waals surface area (Å²) >= 11 is 0.169. The normalized spacial score (nSPS) is 12.0. The summed E-state index contributed by atoms with van der Waals surface area (Å²) in [5, 5.41) is 53.4. The summed E-state index contributed by atoms with van der Waals surface area (Å²) in [6.45, 7) is -0.125. The van der Waals surface area contributed by atoms with Crippen LogP contribution in [-0.4, -0.2) is 86.8 Å². The minimum atomic E-state index is -5.46. The predicted molar refractivity (Wildman–Crippen MR) is 201 cm³/mol. The average molecular weight is 1070 g/mol. The molecule has 4 aromatic carbocycles. The first-order valence-electron chi connectivity index (χ1n) is 15.8. The molecule has 36 heteroatoms. The van der Waals surface area contributed by atoms with Crippen molar-refractivity contribution in [2.24, 2.45) is 20.5 Å². The first-order chi connectivity index (χ1) is 28.6. The second kappa shape index (κ2) is 28.5. The minimum absolute atomic E-state index is 0. The number of phenolic OH excluding ortho intramolecular Hbond substituents is 1.